The first-order valence-corrected chi connectivity index (χ1v) is 7.32. The van der Waals surface area contributed by atoms with Crippen LogP contribution in [0.3, 0.4) is 0 Å². The van der Waals surface area contributed by atoms with Crippen LogP contribution in [0.1, 0.15) is 12.8 Å². The Kier molecular flexibility index (Phi) is 4.43. The zero-order valence-corrected chi connectivity index (χ0v) is 12.1. The van der Waals surface area contributed by atoms with Gasteiger partial charge in [-0.1, -0.05) is 6.07 Å². The van der Waals surface area contributed by atoms with Crippen LogP contribution < -0.4 is 15.5 Å². The van der Waals surface area contributed by atoms with Crippen molar-refractivity contribution >= 4 is 17.8 Å². The molecule has 0 aliphatic carbocycles. The Bertz CT molecular complexity index is 598. The molecule has 1 aliphatic rings. The second kappa shape index (κ2) is 6.84. The number of piperidine rings is 1. The minimum absolute atomic E-state index is 0.156. The van der Waals surface area contributed by atoms with Gasteiger partial charge in [0.1, 0.15) is 5.82 Å². The molecule has 2 aromatic rings. The van der Waals surface area contributed by atoms with Gasteiger partial charge in [-0.3, -0.25) is 5.32 Å². The summed E-state index contributed by atoms with van der Waals surface area (Å²) in [5, 5.41) is 5.71. The highest BCUT2D eigenvalue weighted by molar-refractivity contribution is 5.88. The van der Waals surface area contributed by atoms with Crippen LogP contribution in [-0.2, 0) is 0 Å². The molecule has 0 atom stereocenters. The SMILES string of the molecule is O=C(Nc1ccccn1)NC1CCN(c2ncccn2)CC1. The molecule has 22 heavy (non-hydrogen) atoms. The zero-order valence-electron chi connectivity index (χ0n) is 12.1. The topological polar surface area (TPSA) is 83.0 Å². The first kappa shape index (κ1) is 14.2. The quantitative estimate of drug-likeness (QED) is 0.900. The largest absolute Gasteiger partial charge is 0.341 e. The summed E-state index contributed by atoms with van der Waals surface area (Å²) >= 11 is 0. The van der Waals surface area contributed by atoms with Crippen molar-refractivity contribution in [1.82, 2.24) is 20.3 Å². The molecule has 3 heterocycles. The lowest BCUT2D eigenvalue weighted by Crippen LogP contribution is -2.46. The van der Waals surface area contributed by atoms with Crippen molar-refractivity contribution in [2.75, 3.05) is 23.3 Å². The number of amides is 2. The molecule has 2 N–H and O–H groups in total. The van der Waals surface area contributed by atoms with E-state index in [2.05, 4.69) is 30.5 Å². The van der Waals surface area contributed by atoms with Gasteiger partial charge >= 0.3 is 6.03 Å². The Morgan fingerprint density at radius 2 is 1.77 bits per heavy atom. The number of anilines is 2. The van der Waals surface area contributed by atoms with Gasteiger partial charge in [-0.05, 0) is 31.0 Å². The molecule has 1 aliphatic heterocycles. The van der Waals surface area contributed by atoms with E-state index in [4.69, 9.17) is 0 Å². The molecule has 7 heteroatoms. The number of nitrogens with zero attached hydrogens (tertiary/aromatic N) is 4. The van der Waals surface area contributed by atoms with E-state index in [1.165, 1.54) is 0 Å². The molecular weight excluding hydrogens is 280 g/mol. The van der Waals surface area contributed by atoms with E-state index >= 15 is 0 Å². The highest BCUT2D eigenvalue weighted by atomic mass is 16.2. The third-order valence-electron chi connectivity index (χ3n) is 3.57. The smallest absolute Gasteiger partial charge is 0.320 e. The fourth-order valence-electron chi connectivity index (χ4n) is 2.45. The molecule has 2 aromatic heterocycles. The highest BCUT2D eigenvalue weighted by Crippen LogP contribution is 2.15. The molecule has 0 bridgehead atoms. The van der Waals surface area contributed by atoms with Gasteiger partial charge in [0.2, 0.25) is 5.95 Å². The van der Waals surface area contributed by atoms with E-state index < -0.39 is 0 Å². The van der Waals surface area contributed by atoms with Crippen molar-refractivity contribution in [2.45, 2.75) is 18.9 Å². The minimum atomic E-state index is -0.215. The molecule has 1 fully saturated rings. The molecule has 0 aromatic carbocycles. The second-order valence-corrected chi connectivity index (χ2v) is 5.12. The summed E-state index contributed by atoms with van der Waals surface area (Å²) in [5.74, 6) is 1.30. The average Bonchev–Trinajstić information content (AvgIpc) is 2.57. The third-order valence-corrected chi connectivity index (χ3v) is 3.57. The summed E-state index contributed by atoms with van der Waals surface area (Å²) in [7, 11) is 0. The Labute approximate surface area is 128 Å². The summed E-state index contributed by atoms with van der Waals surface area (Å²) < 4.78 is 0. The van der Waals surface area contributed by atoms with Gasteiger partial charge in [-0.15, -0.1) is 0 Å². The first-order chi connectivity index (χ1) is 10.8. The summed E-state index contributed by atoms with van der Waals surface area (Å²) in [4.78, 5) is 26.6. The van der Waals surface area contributed by atoms with Gasteiger partial charge in [0.15, 0.2) is 0 Å². The minimum Gasteiger partial charge on any atom is -0.341 e. The average molecular weight is 298 g/mol. The van der Waals surface area contributed by atoms with Crippen LogP contribution in [0.2, 0.25) is 0 Å². The van der Waals surface area contributed by atoms with Crippen molar-refractivity contribution in [2.24, 2.45) is 0 Å². The number of urea groups is 1. The van der Waals surface area contributed by atoms with Gasteiger partial charge in [-0.2, -0.15) is 0 Å². The molecule has 0 radical (unpaired) electrons. The Hall–Kier alpha value is -2.70. The van der Waals surface area contributed by atoms with Gasteiger partial charge in [-0.25, -0.2) is 19.7 Å². The molecule has 2 amide bonds. The third kappa shape index (κ3) is 3.69. The van der Waals surface area contributed by atoms with Crippen LogP contribution in [0.4, 0.5) is 16.6 Å². The Morgan fingerprint density at radius 1 is 1.05 bits per heavy atom. The monoisotopic (exact) mass is 298 g/mol. The maximum absolute atomic E-state index is 11.9. The summed E-state index contributed by atoms with van der Waals surface area (Å²) in [6, 6.07) is 7.15. The molecule has 0 unspecified atom stereocenters. The number of hydrogen-bond acceptors (Lipinski definition) is 5. The number of pyridine rings is 1. The van der Waals surface area contributed by atoms with Gasteiger partial charge in [0.05, 0.1) is 0 Å². The molecule has 7 nitrogen and oxygen atoms in total. The lowest BCUT2D eigenvalue weighted by Gasteiger charge is -2.32. The number of hydrogen-bond donors (Lipinski definition) is 2. The predicted molar refractivity (Wildman–Crippen MR) is 83.7 cm³/mol. The van der Waals surface area contributed by atoms with Crippen LogP contribution in [0.5, 0.6) is 0 Å². The van der Waals surface area contributed by atoms with Gasteiger partial charge in [0, 0.05) is 37.7 Å². The number of carbonyl (C=O) groups is 1. The predicted octanol–water partition coefficient (Wildman–Crippen LogP) is 1.66. The van der Waals surface area contributed by atoms with Gasteiger partial charge in [0.25, 0.3) is 0 Å². The lowest BCUT2D eigenvalue weighted by molar-refractivity contribution is 0.246. The van der Waals surface area contributed by atoms with Crippen molar-refractivity contribution in [3.05, 3.63) is 42.9 Å². The fraction of sp³-hybridized carbons (Fsp3) is 0.333. The van der Waals surface area contributed by atoms with E-state index in [1.807, 2.05) is 12.1 Å². The second-order valence-electron chi connectivity index (χ2n) is 5.12. The normalized spacial score (nSPS) is 15.4. The molecule has 3 rings (SSSR count). The fourth-order valence-corrected chi connectivity index (χ4v) is 2.45. The Morgan fingerprint density at radius 3 is 2.45 bits per heavy atom. The molecule has 114 valence electrons. The first-order valence-electron chi connectivity index (χ1n) is 7.32. The van der Waals surface area contributed by atoms with Crippen molar-refractivity contribution in [3.63, 3.8) is 0 Å². The lowest BCUT2D eigenvalue weighted by atomic mass is 10.1. The van der Waals surface area contributed by atoms with E-state index in [1.54, 1.807) is 30.7 Å². The Balaban J connectivity index is 1.47. The number of aromatic nitrogens is 3. The van der Waals surface area contributed by atoms with Gasteiger partial charge < -0.3 is 10.2 Å². The summed E-state index contributed by atoms with van der Waals surface area (Å²) in [5.41, 5.74) is 0. The number of nitrogens with one attached hydrogen (secondary N) is 2. The summed E-state index contributed by atoms with van der Waals surface area (Å²) in [6.07, 6.45) is 6.87. The molecule has 0 spiro atoms. The number of carbonyl (C=O) groups excluding carboxylic acids is 1. The van der Waals surface area contributed by atoms with E-state index in [0.29, 0.717) is 5.82 Å². The van der Waals surface area contributed by atoms with Crippen molar-refractivity contribution in [1.29, 1.82) is 0 Å². The van der Waals surface area contributed by atoms with Crippen LogP contribution in [-0.4, -0.2) is 40.1 Å². The van der Waals surface area contributed by atoms with E-state index in [0.717, 1.165) is 31.9 Å². The highest BCUT2D eigenvalue weighted by Gasteiger charge is 2.22. The zero-order chi connectivity index (χ0) is 15.2. The molecular formula is C15H18N6O. The van der Waals surface area contributed by atoms with Crippen molar-refractivity contribution in [3.8, 4) is 0 Å². The van der Waals surface area contributed by atoms with Crippen molar-refractivity contribution < 1.29 is 4.79 Å². The summed E-state index contributed by atoms with van der Waals surface area (Å²) in [6.45, 7) is 1.66. The maximum atomic E-state index is 11.9. The van der Waals surface area contributed by atoms with Crippen LogP contribution in [0.15, 0.2) is 42.9 Å². The molecule has 1 saturated heterocycles. The van der Waals surface area contributed by atoms with E-state index in [9.17, 15) is 4.79 Å². The molecule has 0 saturated carbocycles. The number of rotatable bonds is 3. The van der Waals surface area contributed by atoms with Crippen LogP contribution in [0.25, 0.3) is 0 Å². The van der Waals surface area contributed by atoms with E-state index in [-0.39, 0.29) is 12.1 Å². The standard InChI is InChI=1S/C15H18N6O/c22-15(20-13-4-1-2-7-16-13)19-12-5-10-21(11-6-12)14-17-8-3-9-18-14/h1-4,7-9,12H,5-6,10-11H2,(H2,16,19,20,22). The van der Waals surface area contributed by atoms with Crippen LogP contribution >= 0.6 is 0 Å². The maximum Gasteiger partial charge on any atom is 0.320 e. The van der Waals surface area contributed by atoms with Crippen LogP contribution in [0, 0.1) is 0 Å².